The average Bonchev–Trinajstić information content (AvgIpc) is 3.11. The highest BCUT2D eigenvalue weighted by atomic mass is 35.5. The summed E-state index contributed by atoms with van der Waals surface area (Å²) in [6.07, 6.45) is 0.684. The molecule has 0 saturated carbocycles. The minimum atomic E-state index is -0.170. The number of benzene rings is 3. The molecule has 0 spiro atoms. The maximum absolute atomic E-state index is 6.21. The predicted octanol–water partition coefficient (Wildman–Crippen LogP) is 6.61. The number of hydrogen-bond acceptors (Lipinski definition) is 3. The molecule has 0 aliphatic rings. The van der Waals surface area contributed by atoms with Gasteiger partial charge in [-0.1, -0.05) is 35.9 Å². The Labute approximate surface area is 182 Å². The summed E-state index contributed by atoms with van der Waals surface area (Å²) in [5, 5.41) is 0.708. The number of hydrogen-bond donors (Lipinski definition) is 0. The van der Waals surface area contributed by atoms with Crippen LogP contribution in [0.4, 0.5) is 0 Å². The summed E-state index contributed by atoms with van der Waals surface area (Å²) in [5.41, 5.74) is 3.26. The molecule has 0 aliphatic carbocycles. The summed E-state index contributed by atoms with van der Waals surface area (Å²) in [4.78, 5) is 4.86. The highest BCUT2D eigenvalue weighted by Gasteiger charge is 2.18. The third-order valence-electron chi connectivity index (χ3n) is 4.96. The Kier molecular flexibility index (Phi) is 6.24. The molecule has 0 fully saturated rings. The number of ether oxygens (including phenoxy) is 2. The minimum absolute atomic E-state index is 0.170. The van der Waals surface area contributed by atoms with Gasteiger partial charge in [-0.3, -0.25) is 0 Å². The number of nitrogens with zero attached hydrogens (tertiary/aromatic N) is 2. The van der Waals surface area contributed by atoms with Crippen LogP contribution in [0.3, 0.4) is 0 Å². The molecule has 154 valence electrons. The molecule has 0 radical (unpaired) electrons. The smallest absolute Gasteiger partial charge is 0.153 e. The Balaban J connectivity index is 1.49. The van der Waals surface area contributed by atoms with Crippen LogP contribution >= 0.6 is 11.6 Å². The molecule has 1 heterocycles. The van der Waals surface area contributed by atoms with Crippen molar-refractivity contribution in [3.05, 3.63) is 89.2 Å². The monoisotopic (exact) mass is 420 g/mol. The van der Waals surface area contributed by atoms with Crippen molar-refractivity contribution in [3.63, 3.8) is 0 Å². The van der Waals surface area contributed by atoms with Gasteiger partial charge in [0.2, 0.25) is 0 Å². The lowest BCUT2D eigenvalue weighted by atomic mass is 10.2. The normalized spacial score (nSPS) is 12.1. The van der Waals surface area contributed by atoms with Crippen molar-refractivity contribution in [3.8, 4) is 11.5 Å². The lowest BCUT2D eigenvalue weighted by Gasteiger charge is -2.17. The van der Waals surface area contributed by atoms with Crippen molar-refractivity contribution < 1.29 is 9.47 Å². The van der Waals surface area contributed by atoms with Crippen LogP contribution in [0.25, 0.3) is 11.0 Å². The fourth-order valence-electron chi connectivity index (χ4n) is 3.53. The van der Waals surface area contributed by atoms with E-state index in [9.17, 15) is 0 Å². The van der Waals surface area contributed by atoms with Crippen LogP contribution in [0.15, 0.2) is 72.8 Å². The largest absolute Gasteiger partial charge is 0.494 e. The van der Waals surface area contributed by atoms with E-state index in [-0.39, 0.29) is 6.10 Å². The molecule has 5 heteroatoms. The Bertz CT molecular complexity index is 1120. The first kappa shape index (κ1) is 20.3. The molecular formula is C25H25ClN2O2. The molecule has 0 N–H and O–H groups in total. The van der Waals surface area contributed by atoms with Gasteiger partial charge in [-0.15, -0.1) is 0 Å². The van der Waals surface area contributed by atoms with Gasteiger partial charge in [-0.05, 0) is 74.4 Å². The highest BCUT2D eigenvalue weighted by molar-refractivity contribution is 6.30. The second-order valence-electron chi connectivity index (χ2n) is 7.34. The molecule has 0 bridgehead atoms. The number of halogens is 1. The molecule has 0 amide bonds. The van der Waals surface area contributed by atoms with Crippen LogP contribution in [-0.2, 0) is 6.54 Å². The van der Waals surface area contributed by atoms with Crippen molar-refractivity contribution in [2.75, 3.05) is 6.61 Å². The highest BCUT2D eigenvalue weighted by Crippen LogP contribution is 2.26. The first-order valence-corrected chi connectivity index (χ1v) is 10.5. The van der Waals surface area contributed by atoms with Gasteiger partial charge in [-0.2, -0.15) is 0 Å². The molecule has 1 atom stereocenters. The third-order valence-corrected chi connectivity index (χ3v) is 5.21. The fraction of sp³-hybridized carbons (Fsp3) is 0.240. The summed E-state index contributed by atoms with van der Waals surface area (Å²) >= 11 is 5.93. The fourth-order valence-corrected chi connectivity index (χ4v) is 3.65. The van der Waals surface area contributed by atoms with Crippen LogP contribution in [0, 0.1) is 6.92 Å². The quantitative estimate of drug-likeness (QED) is 0.301. The van der Waals surface area contributed by atoms with Gasteiger partial charge in [0.1, 0.15) is 11.5 Å². The molecule has 30 heavy (non-hydrogen) atoms. The van der Waals surface area contributed by atoms with Crippen LogP contribution in [0.5, 0.6) is 11.5 Å². The van der Waals surface area contributed by atoms with E-state index in [4.69, 9.17) is 26.1 Å². The second kappa shape index (κ2) is 9.23. The molecule has 0 aliphatic heterocycles. The zero-order valence-electron chi connectivity index (χ0n) is 17.2. The molecule has 0 saturated heterocycles. The number of imidazole rings is 1. The number of fused-ring (bicyclic) bond motifs is 1. The Hall–Kier alpha value is -2.98. The van der Waals surface area contributed by atoms with E-state index >= 15 is 0 Å². The topological polar surface area (TPSA) is 36.3 Å². The van der Waals surface area contributed by atoms with E-state index in [1.165, 1.54) is 5.56 Å². The summed E-state index contributed by atoms with van der Waals surface area (Å²) in [5.74, 6) is 2.60. The van der Waals surface area contributed by atoms with E-state index < -0.39 is 0 Å². The zero-order chi connectivity index (χ0) is 20.9. The maximum atomic E-state index is 6.21. The maximum Gasteiger partial charge on any atom is 0.153 e. The van der Waals surface area contributed by atoms with Crippen molar-refractivity contribution in [1.82, 2.24) is 9.55 Å². The summed E-state index contributed by atoms with van der Waals surface area (Å²) < 4.78 is 14.3. The third kappa shape index (κ3) is 4.77. The zero-order valence-corrected chi connectivity index (χ0v) is 18.0. The first-order chi connectivity index (χ1) is 14.6. The first-order valence-electron chi connectivity index (χ1n) is 10.2. The van der Waals surface area contributed by atoms with Crippen LogP contribution in [0.1, 0.15) is 30.8 Å². The van der Waals surface area contributed by atoms with Gasteiger partial charge in [-0.25, -0.2) is 4.98 Å². The lowest BCUT2D eigenvalue weighted by molar-refractivity contribution is 0.210. The van der Waals surface area contributed by atoms with Gasteiger partial charge in [0, 0.05) is 11.6 Å². The standard InChI is InChI=1S/C25H25ClN2O2/c1-18-7-5-8-22(17-18)30-19(2)25-27-23-9-3-4-10-24(23)28(25)15-6-16-29-21-13-11-20(26)12-14-21/h3-5,7-14,17,19H,6,15-16H2,1-2H3. The van der Waals surface area contributed by atoms with Crippen LogP contribution < -0.4 is 9.47 Å². The van der Waals surface area contributed by atoms with Gasteiger partial charge >= 0.3 is 0 Å². The van der Waals surface area contributed by atoms with E-state index in [0.717, 1.165) is 41.3 Å². The van der Waals surface area contributed by atoms with E-state index in [1.54, 1.807) is 0 Å². The van der Waals surface area contributed by atoms with E-state index in [0.29, 0.717) is 11.6 Å². The molecular weight excluding hydrogens is 396 g/mol. The Morgan fingerprint density at radius 3 is 2.57 bits per heavy atom. The van der Waals surface area contributed by atoms with Gasteiger partial charge in [0.25, 0.3) is 0 Å². The predicted molar refractivity (Wildman–Crippen MR) is 122 cm³/mol. The van der Waals surface area contributed by atoms with Crippen molar-refractivity contribution >= 4 is 22.6 Å². The molecule has 1 aromatic heterocycles. The van der Waals surface area contributed by atoms with E-state index in [2.05, 4.69) is 23.6 Å². The Morgan fingerprint density at radius 1 is 0.967 bits per heavy atom. The molecule has 4 nitrogen and oxygen atoms in total. The van der Waals surface area contributed by atoms with Gasteiger partial charge in [0.05, 0.1) is 17.6 Å². The molecule has 1 unspecified atom stereocenters. The van der Waals surface area contributed by atoms with Crippen LogP contribution in [0.2, 0.25) is 5.02 Å². The number of aromatic nitrogens is 2. The lowest BCUT2D eigenvalue weighted by Crippen LogP contribution is -2.13. The Morgan fingerprint density at radius 2 is 1.77 bits per heavy atom. The van der Waals surface area contributed by atoms with Crippen molar-refractivity contribution in [1.29, 1.82) is 0 Å². The summed E-state index contributed by atoms with van der Waals surface area (Å²) in [6, 6.07) is 23.7. The van der Waals surface area contributed by atoms with Crippen molar-refractivity contribution in [2.24, 2.45) is 0 Å². The average molecular weight is 421 g/mol. The van der Waals surface area contributed by atoms with Gasteiger partial charge < -0.3 is 14.0 Å². The molecule has 4 rings (SSSR count). The SMILES string of the molecule is Cc1cccc(OC(C)c2nc3ccccc3n2CCCOc2ccc(Cl)cc2)c1. The second-order valence-corrected chi connectivity index (χ2v) is 7.78. The van der Waals surface area contributed by atoms with E-state index in [1.807, 2.05) is 67.6 Å². The summed E-state index contributed by atoms with van der Waals surface area (Å²) in [6.45, 7) is 5.52. The van der Waals surface area contributed by atoms with Crippen LogP contribution in [-0.4, -0.2) is 16.2 Å². The van der Waals surface area contributed by atoms with Crippen molar-refractivity contribution in [2.45, 2.75) is 32.9 Å². The molecule has 3 aromatic carbocycles. The number of para-hydroxylation sites is 2. The van der Waals surface area contributed by atoms with Gasteiger partial charge in [0.15, 0.2) is 11.9 Å². The number of aryl methyl sites for hydroxylation is 2. The minimum Gasteiger partial charge on any atom is -0.494 e. The summed E-state index contributed by atoms with van der Waals surface area (Å²) in [7, 11) is 0. The molecule has 4 aromatic rings. The number of rotatable bonds is 8.